The van der Waals surface area contributed by atoms with Crippen LogP contribution in [-0.4, -0.2) is 6.10 Å². The van der Waals surface area contributed by atoms with Crippen molar-refractivity contribution < 1.29 is 4.74 Å². The number of rotatable bonds is 3. The van der Waals surface area contributed by atoms with E-state index in [1.54, 1.807) is 18.2 Å². The molecule has 0 unspecified atom stereocenters. The van der Waals surface area contributed by atoms with E-state index >= 15 is 0 Å². The molecule has 2 aromatic carbocycles. The highest BCUT2D eigenvalue weighted by Gasteiger charge is 2.09. The monoisotopic (exact) mass is 305 g/mol. The van der Waals surface area contributed by atoms with E-state index < -0.39 is 0 Å². The minimum absolute atomic E-state index is 0.00570. The van der Waals surface area contributed by atoms with E-state index in [2.05, 4.69) is 6.07 Å². The highest BCUT2D eigenvalue weighted by Crippen LogP contribution is 2.31. The van der Waals surface area contributed by atoms with Gasteiger partial charge in [-0.1, -0.05) is 35.3 Å². The fourth-order valence-corrected chi connectivity index (χ4v) is 2.12. The molecular weight excluding hydrogens is 293 g/mol. The van der Waals surface area contributed by atoms with Gasteiger partial charge in [-0.05, 0) is 49.2 Å². The Labute approximate surface area is 128 Å². The largest absolute Gasteiger partial charge is 0.490 e. The molecule has 0 atom stereocenters. The van der Waals surface area contributed by atoms with Crippen molar-refractivity contribution in [2.45, 2.75) is 20.0 Å². The van der Waals surface area contributed by atoms with Crippen molar-refractivity contribution in [3.05, 3.63) is 52.0 Å². The number of halogens is 2. The summed E-state index contributed by atoms with van der Waals surface area (Å²) in [7, 11) is 0. The van der Waals surface area contributed by atoms with Gasteiger partial charge in [0.05, 0.1) is 21.7 Å². The lowest BCUT2D eigenvalue weighted by Crippen LogP contribution is -2.06. The second kappa shape index (κ2) is 6.17. The second-order valence-electron chi connectivity index (χ2n) is 4.62. The topological polar surface area (TPSA) is 33.0 Å². The van der Waals surface area contributed by atoms with E-state index in [0.717, 1.165) is 11.1 Å². The SMILES string of the molecule is CC(C)Oc1cc(-c2ccc(Cl)c(Cl)c2)ccc1C#N. The Balaban J connectivity index is 2.47. The second-order valence-corrected chi connectivity index (χ2v) is 5.43. The highest BCUT2D eigenvalue weighted by molar-refractivity contribution is 6.42. The Morgan fingerprint density at radius 3 is 2.25 bits per heavy atom. The first-order valence-electron chi connectivity index (χ1n) is 6.17. The maximum absolute atomic E-state index is 9.10. The Kier molecular flexibility index (Phi) is 4.54. The summed E-state index contributed by atoms with van der Waals surface area (Å²) in [5.74, 6) is 0.575. The fourth-order valence-electron chi connectivity index (χ4n) is 1.82. The van der Waals surface area contributed by atoms with Gasteiger partial charge in [-0.2, -0.15) is 5.26 Å². The van der Waals surface area contributed by atoms with E-state index in [9.17, 15) is 0 Å². The zero-order valence-corrected chi connectivity index (χ0v) is 12.7. The van der Waals surface area contributed by atoms with Crippen molar-refractivity contribution in [1.82, 2.24) is 0 Å². The molecule has 0 heterocycles. The zero-order valence-electron chi connectivity index (χ0n) is 11.2. The molecule has 0 aliphatic heterocycles. The lowest BCUT2D eigenvalue weighted by molar-refractivity contribution is 0.242. The van der Waals surface area contributed by atoms with Crippen molar-refractivity contribution >= 4 is 23.2 Å². The number of nitriles is 1. The van der Waals surface area contributed by atoms with Crippen LogP contribution in [0.3, 0.4) is 0 Å². The van der Waals surface area contributed by atoms with Crippen LogP contribution in [0.15, 0.2) is 36.4 Å². The summed E-state index contributed by atoms with van der Waals surface area (Å²) in [5.41, 5.74) is 2.37. The Bertz CT molecular complexity index is 675. The van der Waals surface area contributed by atoms with Crippen molar-refractivity contribution in [2.24, 2.45) is 0 Å². The van der Waals surface area contributed by atoms with E-state index in [-0.39, 0.29) is 6.10 Å². The molecule has 0 aromatic heterocycles. The number of hydrogen-bond donors (Lipinski definition) is 0. The summed E-state index contributed by atoms with van der Waals surface area (Å²) in [6.45, 7) is 3.85. The maximum Gasteiger partial charge on any atom is 0.138 e. The number of benzene rings is 2. The van der Waals surface area contributed by atoms with Crippen molar-refractivity contribution in [1.29, 1.82) is 5.26 Å². The van der Waals surface area contributed by atoms with E-state index in [1.807, 2.05) is 32.0 Å². The molecule has 2 rings (SSSR count). The summed E-state index contributed by atoms with van der Waals surface area (Å²) in [6.07, 6.45) is 0.00570. The molecule has 0 spiro atoms. The minimum atomic E-state index is 0.00570. The van der Waals surface area contributed by atoms with Gasteiger partial charge >= 0.3 is 0 Å². The van der Waals surface area contributed by atoms with Gasteiger partial charge in [-0.3, -0.25) is 0 Å². The quantitative estimate of drug-likeness (QED) is 0.769. The van der Waals surface area contributed by atoms with Crippen molar-refractivity contribution in [3.8, 4) is 22.9 Å². The number of ether oxygens (including phenoxy) is 1. The molecule has 2 aromatic rings. The van der Waals surface area contributed by atoms with Crippen LogP contribution in [0.2, 0.25) is 10.0 Å². The van der Waals surface area contributed by atoms with Gasteiger partial charge < -0.3 is 4.74 Å². The molecule has 0 aliphatic carbocycles. The Morgan fingerprint density at radius 1 is 1.00 bits per heavy atom. The maximum atomic E-state index is 9.10. The van der Waals surface area contributed by atoms with Gasteiger partial charge in [0.25, 0.3) is 0 Å². The van der Waals surface area contributed by atoms with Gasteiger partial charge in [0.15, 0.2) is 0 Å². The first kappa shape index (κ1) is 14.7. The first-order valence-corrected chi connectivity index (χ1v) is 6.93. The Hall–Kier alpha value is -1.69. The summed E-state index contributed by atoms with van der Waals surface area (Å²) in [4.78, 5) is 0. The standard InChI is InChI=1S/C16H13Cl2NO/c1-10(2)20-16-8-12(3-4-13(16)9-19)11-5-6-14(17)15(18)7-11/h3-8,10H,1-2H3. The molecule has 102 valence electrons. The number of hydrogen-bond acceptors (Lipinski definition) is 2. The van der Waals surface area contributed by atoms with Gasteiger partial charge in [0.1, 0.15) is 11.8 Å². The summed E-state index contributed by atoms with van der Waals surface area (Å²) in [6, 6.07) is 13.0. The number of nitrogens with zero attached hydrogens (tertiary/aromatic N) is 1. The zero-order chi connectivity index (χ0) is 14.7. The van der Waals surface area contributed by atoms with Gasteiger partial charge in [0.2, 0.25) is 0 Å². The average Bonchev–Trinajstić information content (AvgIpc) is 2.41. The van der Waals surface area contributed by atoms with Crippen LogP contribution in [0.1, 0.15) is 19.4 Å². The summed E-state index contributed by atoms with van der Waals surface area (Å²) >= 11 is 11.9. The van der Waals surface area contributed by atoms with Crippen molar-refractivity contribution in [2.75, 3.05) is 0 Å². The van der Waals surface area contributed by atoms with Gasteiger partial charge in [0, 0.05) is 0 Å². The van der Waals surface area contributed by atoms with Crippen LogP contribution in [-0.2, 0) is 0 Å². The molecule has 0 saturated carbocycles. The van der Waals surface area contributed by atoms with Crippen LogP contribution in [0.4, 0.5) is 0 Å². The molecule has 0 radical (unpaired) electrons. The lowest BCUT2D eigenvalue weighted by atomic mass is 10.0. The third-order valence-corrected chi connectivity index (χ3v) is 3.46. The molecular formula is C16H13Cl2NO. The average molecular weight is 306 g/mol. The van der Waals surface area contributed by atoms with Crippen LogP contribution >= 0.6 is 23.2 Å². The van der Waals surface area contributed by atoms with E-state index in [1.165, 1.54) is 0 Å². The predicted octanol–water partition coefficient (Wildman–Crippen LogP) is 5.32. The molecule has 0 bridgehead atoms. The smallest absolute Gasteiger partial charge is 0.138 e. The van der Waals surface area contributed by atoms with Crippen LogP contribution in [0, 0.1) is 11.3 Å². The van der Waals surface area contributed by atoms with Crippen molar-refractivity contribution in [3.63, 3.8) is 0 Å². The molecule has 0 fully saturated rings. The van der Waals surface area contributed by atoms with Crippen LogP contribution < -0.4 is 4.74 Å². The summed E-state index contributed by atoms with van der Waals surface area (Å²) in [5, 5.41) is 10.1. The minimum Gasteiger partial charge on any atom is -0.490 e. The Morgan fingerprint density at radius 2 is 1.65 bits per heavy atom. The predicted molar refractivity (Wildman–Crippen MR) is 82.4 cm³/mol. The third kappa shape index (κ3) is 3.25. The first-order chi connectivity index (χ1) is 9.51. The molecule has 0 saturated heterocycles. The molecule has 0 N–H and O–H groups in total. The fraction of sp³-hybridized carbons (Fsp3) is 0.188. The van der Waals surface area contributed by atoms with Crippen LogP contribution in [0.5, 0.6) is 5.75 Å². The lowest BCUT2D eigenvalue weighted by Gasteiger charge is -2.13. The molecule has 4 heteroatoms. The van der Waals surface area contributed by atoms with E-state index in [0.29, 0.717) is 21.4 Å². The highest BCUT2D eigenvalue weighted by atomic mass is 35.5. The molecule has 2 nitrogen and oxygen atoms in total. The molecule has 20 heavy (non-hydrogen) atoms. The molecule has 0 amide bonds. The van der Waals surface area contributed by atoms with E-state index in [4.69, 9.17) is 33.2 Å². The third-order valence-electron chi connectivity index (χ3n) is 2.72. The van der Waals surface area contributed by atoms with Crippen LogP contribution in [0.25, 0.3) is 11.1 Å². The van der Waals surface area contributed by atoms with Gasteiger partial charge in [-0.25, -0.2) is 0 Å². The normalized spacial score (nSPS) is 10.4. The van der Waals surface area contributed by atoms with Gasteiger partial charge in [-0.15, -0.1) is 0 Å². The summed E-state index contributed by atoms with van der Waals surface area (Å²) < 4.78 is 5.67. The molecule has 0 aliphatic rings.